The number of carbonyl (C=O) groups is 2. The summed E-state index contributed by atoms with van der Waals surface area (Å²) in [5.74, 6) is 1.21. The molecule has 1 aliphatic heterocycles. The van der Waals surface area contributed by atoms with Gasteiger partial charge in [-0.2, -0.15) is 0 Å². The van der Waals surface area contributed by atoms with Crippen molar-refractivity contribution in [2.24, 2.45) is 17.1 Å². The molecule has 0 spiro atoms. The van der Waals surface area contributed by atoms with Crippen molar-refractivity contribution in [3.05, 3.63) is 54.1 Å². The first-order valence-electron chi connectivity index (χ1n) is 9.77. The fourth-order valence-electron chi connectivity index (χ4n) is 4.40. The molecule has 1 aliphatic carbocycles. The highest BCUT2D eigenvalue weighted by molar-refractivity contribution is 5.96. The fraction of sp³-hybridized carbons (Fsp3) is 0.364. The monoisotopic (exact) mass is 415 g/mol. The molecule has 4 N–H and O–H groups in total. The van der Waals surface area contributed by atoms with Crippen molar-refractivity contribution < 1.29 is 14.3 Å². The number of carbonyl (C=O) groups excluding carboxylic acids is 2. The second kappa shape index (κ2) is 8.84. The summed E-state index contributed by atoms with van der Waals surface area (Å²) in [6.07, 6.45) is 4.40. The van der Waals surface area contributed by atoms with Gasteiger partial charge in [0.25, 0.3) is 0 Å². The Kier molecular flexibility index (Phi) is 6.45. The number of amides is 2. The third-order valence-electron chi connectivity index (χ3n) is 5.96. The molecule has 154 valence electrons. The number of fused-ring (bicyclic) bond motifs is 1. The van der Waals surface area contributed by atoms with Crippen LogP contribution in [0.2, 0.25) is 0 Å². The van der Waals surface area contributed by atoms with E-state index < -0.39 is 5.91 Å². The number of ether oxygens (including phenoxy) is 1. The standard InChI is InChI=1S/C22H25N3O3.ClH/c23-20(26)15-4-3-6-19(12-15)28-18-9-7-17(8-10-18)25-21(27)22-11-2-1-5-16(22)13-24-14-22;/h3-4,6-10,12,16,24H,1-2,5,11,13-14H2,(H2,23,26)(H,25,27);1H/t16-,22+;/m0./s1. The normalized spacial score (nSPS) is 22.8. The van der Waals surface area contributed by atoms with Gasteiger partial charge in [0.1, 0.15) is 11.5 Å². The lowest BCUT2D eigenvalue weighted by Crippen LogP contribution is -2.44. The topological polar surface area (TPSA) is 93.5 Å². The van der Waals surface area contributed by atoms with E-state index in [1.54, 1.807) is 36.4 Å². The molecule has 2 fully saturated rings. The number of hydrogen-bond acceptors (Lipinski definition) is 4. The van der Waals surface area contributed by atoms with E-state index in [2.05, 4.69) is 10.6 Å². The summed E-state index contributed by atoms with van der Waals surface area (Å²) in [6.45, 7) is 1.70. The quantitative estimate of drug-likeness (QED) is 0.693. The Morgan fingerprint density at radius 3 is 2.66 bits per heavy atom. The van der Waals surface area contributed by atoms with Crippen LogP contribution in [-0.2, 0) is 4.79 Å². The van der Waals surface area contributed by atoms with Crippen LogP contribution in [0.25, 0.3) is 0 Å². The highest BCUT2D eigenvalue weighted by Gasteiger charge is 2.49. The van der Waals surface area contributed by atoms with Gasteiger partial charge in [0.15, 0.2) is 0 Å². The first kappa shape index (κ1) is 21.1. The molecule has 6 nitrogen and oxygen atoms in total. The van der Waals surface area contributed by atoms with Gasteiger partial charge in [0.05, 0.1) is 5.41 Å². The van der Waals surface area contributed by atoms with E-state index in [0.717, 1.165) is 38.0 Å². The predicted molar refractivity (Wildman–Crippen MR) is 115 cm³/mol. The summed E-state index contributed by atoms with van der Waals surface area (Å²) >= 11 is 0. The highest BCUT2D eigenvalue weighted by Crippen LogP contribution is 2.44. The second-order valence-corrected chi connectivity index (χ2v) is 7.70. The third-order valence-corrected chi connectivity index (χ3v) is 5.96. The Morgan fingerprint density at radius 1 is 1.10 bits per heavy atom. The Hall–Kier alpha value is -2.57. The van der Waals surface area contributed by atoms with E-state index in [1.807, 2.05) is 12.1 Å². The van der Waals surface area contributed by atoms with Gasteiger partial charge in [-0.15, -0.1) is 12.4 Å². The Labute approximate surface area is 176 Å². The minimum Gasteiger partial charge on any atom is -0.457 e. The third kappa shape index (κ3) is 4.38. The van der Waals surface area contributed by atoms with Gasteiger partial charge in [-0.25, -0.2) is 0 Å². The van der Waals surface area contributed by atoms with E-state index in [1.165, 1.54) is 6.42 Å². The molecule has 2 atom stereocenters. The molecule has 1 saturated carbocycles. The number of nitrogens with one attached hydrogen (secondary N) is 2. The van der Waals surface area contributed by atoms with Crippen molar-refractivity contribution in [1.82, 2.24) is 5.32 Å². The van der Waals surface area contributed by atoms with Gasteiger partial charge in [-0.1, -0.05) is 18.9 Å². The molecule has 1 heterocycles. The molecule has 0 unspecified atom stereocenters. The number of benzene rings is 2. The smallest absolute Gasteiger partial charge is 0.248 e. The molecule has 4 rings (SSSR count). The lowest BCUT2D eigenvalue weighted by molar-refractivity contribution is -0.128. The molecule has 2 aromatic rings. The zero-order chi connectivity index (χ0) is 19.6. The van der Waals surface area contributed by atoms with Crippen LogP contribution in [0.5, 0.6) is 11.5 Å². The van der Waals surface area contributed by atoms with Gasteiger partial charge in [-0.05, 0) is 67.8 Å². The fourth-order valence-corrected chi connectivity index (χ4v) is 4.40. The molecule has 0 radical (unpaired) electrons. The van der Waals surface area contributed by atoms with Crippen LogP contribution >= 0.6 is 12.4 Å². The maximum Gasteiger partial charge on any atom is 0.248 e. The Balaban J connectivity index is 0.00000240. The minimum atomic E-state index is -0.495. The Morgan fingerprint density at radius 2 is 1.90 bits per heavy atom. The molecule has 1 saturated heterocycles. The predicted octanol–water partition coefficient (Wildman–Crippen LogP) is 3.72. The first-order chi connectivity index (χ1) is 13.6. The minimum absolute atomic E-state index is 0. The van der Waals surface area contributed by atoms with Crippen LogP contribution in [0, 0.1) is 11.3 Å². The zero-order valence-electron chi connectivity index (χ0n) is 16.1. The summed E-state index contributed by atoms with van der Waals surface area (Å²) in [7, 11) is 0. The molecule has 29 heavy (non-hydrogen) atoms. The van der Waals surface area contributed by atoms with Crippen LogP contribution in [-0.4, -0.2) is 24.9 Å². The van der Waals surface area contributed by atoms with Crippen LogP contribution < -0.4 is 21.1 Å². The van der Waals surface area contributed by atoms with Gasteiger partial charge in [-0.3, -0.25) is 9.59 Å². The van der Waals surface area contributed by atoms with E-state index in [-0.39, 0.29) is 23.7 Å². The Bertz CT molecular complexity index is 887. The van der Waals surface area contributed by atoms with Gasteiger partial charge < -0.3 is 21.1 Å². The number of primary amides is 1. The number of halogens is 1. The molecule has 2 aliphatic rings. The number of hydrogen-bond donors (Lipinski definition) is 3. The first-order valence-corrected chi connectivity index (χ1v) is 9.77. The molecule has 0 aromatic heterocycles. The average molecular weight is 416 g/mol. The van der Waals surface area contributed by atoms with Crippen molar-refractivity contribution in [1.29, 1.82) is 0 Å². The summed E-state index contributed by atoms with van der Waals surface area (Å²) < 4.78 is 5.78. The van der Waals surface area contributed by atoms with Crippen LogP contribution in [0.4, 0.5) is 5.69 Å². The number of anilines is 1. The van der Waals surface area contributed by atoms with Crippen molar-refractivity contribution >= 4 is 29.9 Å². The van der Waals surface area contributed by atoms with Crippen LogP contribution in [0.15, 0.2) is 48.5 Å². The van der Waals surface area contributed by atoms with Crippen molar-refractivity contribution in [3.63, 3.8) is 0 Å². The van der Waals surface area contributed by atoms with E-state index >= 15 is 0 Å². The average Bonchev–Trinajstić information content (AvgIpc) is 3.15. The van der Waals surface area contributed by atoms with Gasteiger partial charge in [0.2, 0.25) is 11.8 Å². The summed E-state index contributed by atoms with van der Waals surface area (Å²) in [5, 5.41) is 6.50. The summed E-state index contributed by atoms with van der Waals surface area (Å²) in [6, 6.07) is 14.0. The molecule has 0 bridgehead atoms. The maximum atomic E-state index is 13.0. The highest BCUT2D eigenvalue weighted by atomic mass is 35.5. The van der Waals surface area contributed by atoms with Gasteiger partial charge in [0, 0.05) is 17.8 Å². The number of nitrogens with two attached hydrogens (primary N) is 1. The lowest BCUT2D eigenvalue weighted by atomic mass is 9.67. The summed E-state index contributed by atoms with van der Waals surface area (Å²) in [4.78, 5) is 24.3. The molecule has 7 heteroatoms. The number of rotatable bonds is 5. The van der Waals surface area contributed by atoms with Gasteiger partial charge >= 0.3 is 0 Å². The van der Waals surface area contributed by atoms with Crippen molar-refractivity contribution in [2.75, 3.05) is 18.4 Å². The van der Waals surface area contributed by atoms with Crippen molar-refractivity contribution in [2.45, 2.75) is 25.7 Å². The molecular weight excluding hydrogens is 390 g/mol. The van der Waals surface area contributed by atoms with E-state index in [0.29, 0.717) is 23.0 Å². The molecule has 2 amide bonds. The SMILES string of the molecule is Cl.NC(=O)c1cccc(Oc2ccc(NC(=O)[C@@]34CCCC[C@H]3CNC4)cc2)c1. The lowest BCUT2D eigenvalue weighted by Gasteiger charge is -2.37. The van der Waals surface area contributed by atoms with Crippen LogP contribution in [0.1, 0.15) is 36.0 Å². The zero-order valence-corrected chi connectivity index (χ0v) is 17.0. The second-order valence-electron chi connectivity index (χ2n) is 7.70. The van der Waals surface area contributed by atoms with E-state index in [4.69, 9.17) is 10.5 Å². The largest absolute Gasteiger partial charge is 0.457 e. The van der Waals surface area contributed by atoms with E-state index in [9.17, 15) is 9.59 Å². The molecule has 2 aromatic carbocycles. The van der Waals surface area contributed by atoms with Crippen LogP contribution in [0.3, 0.4) is 0 Å². The van der Waals surface area contributed by atoms with Crippen molar-refractivity contribution in [3.8, 4) is 11.5 Å². The summed E-state index contributed by atoms with van der Waals surface area (Å²) in [5.41, 5.74) is 6.18. The molecular formula is C22H26ClN3O3. The maximum absolute atomic E-state index is 13.0.